The quantitative estimate of drug-likeness (QED) is 0.749. The minimum absolute atomic E-state index is 0.120. The number of rotatable bonds is 2. The van der Waals surface area contributed by atoms with Gasteiger partial charge in [-0.3, -0.25) is 4.79 Å². The second-order valence-corrected chi connectivity index (χ2v) is 4.10. The molecule has 0 aliphatic heterocycles. The van der Waals surface area contributed by atoms with Gasteiger partial charge in [0.1, 0.15) is 5.76 Å². The van der Waals surface area contributed by atoms with E-state index in [0.717, 1.165) is 11.1 Å². The number of carbonyl (C=O) groups is 1. The Morgan fingerprint density at radius 1 is 1.25 bits per heavy atom. The van der Waals surface area contributed by atoms with E-state index < -0.39 is 5.24 Å². The van der Waals surface area contributed by atoms with Gasteiger partial charge in [0.05, 0.1) is 5.02 Å². The van der Waals surface area contributed by atoms with Crippen molar-refractivity contribution < 1.29 is 9.21 Å². The van der Waals surface area contributed by atoms with Gasteiger partial charge < -0.3 is 4.42 Å². The Hall–Kier alpha value is -1.25. The lowest BCUT2D eigenvalue weighted by molar-refractivity contribution is 0.105. The number of hydrogen-bond acceptors (Lipinski definition) is 2. The predicted molar refractivity (Wildman–Crippen MR) is 64.1 cm³/mol. The summed E-state index contributed by atoms with van der Waals surface area (Å²) in [4.78, 5) is 10.9. The van der Waals surface area contributed by atoms with Gasteiger partial charge in [0.25, 0.3) is 5.24 Å². The van der Waals surface area contributed by atoms with Gasteiger partial charge in [-0.2, -0.15) is 0 Å². The summed E-state index contributed by atoms with van der Waals surface area (Å²) in [5, 5.41) is 0.000414. The molecule has 2 nitrogen and oxygen atoms in total. The molecule has 0 amide bonds. The first-order chi connectivity index (χ1) is 7.59. The maximum absolute atomic E-state index is 10.9. The minimum Gasteiger partial charge on any atom is -0.452 e. The van der Waals surface area contributed by atoms with Crippen LogP contribution in [0.4, 0.5) is 0 Å². The van der Waals surface area contributed by atoms with E-state index >= 15 is 0 Å². The lowest BCUT2D eigenvalue weighted by Crippen LogP contribution is -1.83. The fourth-order valence-electron chi connectivity index (χ4n) is 1.43. The molecule has 4 heteroatoms. The molecule has 2 aromatic rings. The van der Waals surface area contributed by atoms with Crippen molar-refractivity contribution >= 4 is 28.4 Å². The molecule has 0 bridgehead atoms. The first-order valence-corrected chi connectivity index (χ1v) is 5.40. The largest absolute Gasteiger partial charge is 0.452 e. The Bertz CT molecular complexity index is 544. The number of furan rings is 1. The van der Waals surface area contributed by atoms with E-state index in [1.807, 2.05) is 25.1 Å². The van der Waals surface area contributed by atoms with E-state index in [-0.39, 0.29) is 5.76 Å². The van der Waals surface area contributed by atoms with Crippen molar-refractivity contribution in [1.29, 1.82) is 0 Å². The van der Waals surface area contributed by atoms with Crippen LogP contribution in [-0.2, 0) is 0 Å². The Kier molecular flexibility index (Phi) is 3.03. The Morgan fingerprint density at radius 2 is 2.00 bits per heavy atom. The van der Waals surface area contributed by atoms with Crippen LogP contribution < -0.4 is 0 Å². The molecule has 2 rings (SSSR count). The summed E-state index contributed by atoms with van der Waals surface area (Å²) >= 11 is 11.4. The normalized spacial score (nSPS) is 10.4. The van der Waals surface area contributed by atoms with Crippen molar-refractivity contribution in [2.24, 2.45) is 0 Å². The molecule has 82 valence electrons. The summed E-state index contributed by atoms with van der Waals surface area (Å²) in [5.41, 5.74) is 1.71. The number of halogens is 2. The lowest BCUT2D eigenvalue weighted by Gasteiger charge is -2.03. The minimum atomic E-state index is -0.616. The summed E-state index contributed by atoms with van der Waals surface area (Å²) in [7, 11) is 0. The van der Waals surface area contributed by atoms with Gasteiger partial charge in [-0.05, 0) is 42.3 Å². The highest BCUT2D eigenvalue weighted by atomic mass is 35.5. The average Bonchev–Trinajstić information content (AvgIpc) is 2.71. The zero-order valence-electron chi connectivity index (χ0n) is 8.46. The van der Waals surface area contributed by atoms with Crippen molar-refractivity contribution in [2.75, 3.05) is 0 Å². The molecule has 0 fully saturated rings. The topological polar surface area (TPSA) is 30.2 Å². The maximum atomic E-state index is 10.9. The van der Waals surface area contributed by atoms with E-state index in [4.69, 9.17) is 27.6 Å². The second kappa shape index (κ2) is 4.32. The van der Waals surface area contributed by atoms with Crippen molar-refractivity contribution in [3.8, 4) is 11.3 Å². The van der Waals surface area contributed by atoms with E-state index in [1.165, 1.54) is 6.07 Å². The molecular formula is C12H8Cl2O2. The first-order valence-electron chi connectivity index (χ1n) is 4.65. The first kappa shape index (κ1) is 11.2. The van der Waals surface area contributed by atoms with Gasteiger partial charge in [0, 0.05) is 5.56 Å². The van der Waals surface area contributed by atoms with Crippen LogP contribution in [0.2, 0.25) is 5.02 Å². The third-order valence-corrected chi connectivity index (χ3v) is 2.94. The zero-order chi connectivity index (χ0) is 11.7. The van der Waals surface area contributed by atoms with Gasteiger partial charge in [0.15, 0.2) is 5.76 Å². The standard InChI is InChI=1S/C12H8Cl2O2/c1-7-3-2-4-8(11(7)13)9-5-6-10(16-9)12(14)15/h2-6H,1H3. The molecule has 0 N–H and O–H groups in total. The van der Waals surface area contributed by atoms with Gasteiger partial charge in [-0.15, -0.1) is 0 Å². The highest BCUT2D eigenvalue weighted by Crippen LogP contribution is 2.31. The monoisotopic (exact) mass is 254 g/mol. The molecule has 1 aromatic heterocycles. The van der Waals surface area contributed by atoms with Crippen LogP contribution in [0.25, 0.3) is 11.3 Å². The number of carbonyl (C=O) groups excluding carboxylic acids is 1. The molecule has 0 atom stereocenters. The molecule has 0 aliphatic carbocycles. The maximum Gasteiger partial charge on any atom is 0.287 e. The van der Waals surface area contributed by atoms with Crippen molar-refractivity contribution in [1.82, 2.24) is 0 Å². The van der Waals surface area contributed by atoms with Crippen LogP contribution in [0.1, 0.15) is 16.1 Å². The molecular weight excluding hydrogens is 247 g/mol. The van der Waals surface area contributed by atoms with E-state index in [9.17, 15) is 4.79 Å². The van der Waals surface area contributed by atoms with E-state index in [0.29, 0.717) is 10.8 Å². The van der Waals surface area contributed by atoms with Crippen LogP contribution in [0.15, 0.2) is 34.7 Å². The van der Waals surface area contributed by atoms with Gasteiger partial charge in [0.2, 0.25) is 0 Å². The summed E-state index contributed by atoms with van der Waals surface area (Å²) in [6, 6.07) is 8.82. The Labute approximate surface area is 103 Å². The van der Waals surface area contributed by atoms with Crippen LogP contribution in [-0.4, -0.2) is 5.24 Å². The van der Waals surface area contributed by atoms with E-state index in [2.05, 4.69) is 0 Å². The molecule has 1 aromatic carbocycles. The predicted octanol–water partition coefficient (Wildman–Crippen LogP) is 4.29. The van der Waals surface area contributed by atoms with Gasteiger partial charge in [-0.1, -0.05) is 23.7 Å². The summed E-state index contributed by atoms with van der Waals surface area (Å²) in [6.07, 6.45) is 0. The smallest absolute Gasteiger partial charge is 0.287 e. The Balaban J connectivity index is 2.50. The van der Waals surface area contributed by atoms with Crippen LogP contribution in [0.5, 0.6) is 0 Å². The SMILES string of the molecule is Cc1cccc(-c2ccc(C(=O)Cl)o2)c1Cl. The summed E-state index contributed by atoms with van der Waals surface area (Å²) in [5.74, 6) is 0.659. The lowest BCUT2D eigenvalue weighted by atomic mass is 10.1. The average molecular weight is 255 g/mol. The molecule has 1 heterocycles. The zero-order valence-corrected chi connectivity index (χ0v) is 9.97. The number of aryl methyl sites for hydroxylation is 1. The molecule has 16 heavy (non-hydrogen) atoms. The number of hydrogen-bond donors (Lipinski definition) is 0. The second-order valence-electron chi connectivity index (χ2n) is 3.37. The molecule has 0 unspecified atom stereocenters. The van der Waals surface area contributed by atoms with E-state index in [1.54, 1.807) is 6.07 Å². The van der Waals surface area contributed by atoms with Crippen LogP contribution in [0, 0.1) is 6.92 Å². The van der Waals surface area contributed by atoms with Crippen LogP contribution in [0.3, 0.4) is 0 Å². The highest BCUT2D eigenvalue weighted by molar-refractivity contribution is 6.67. The van der Waals surface area contributed by atoms with Crippen molar-refractivity contribution in [2.45, 2.75) is 6.92 Å². The third-order valence-electron chi connectivity index (χ3n) is 2.26. The fourth-order valence-corrected chi connectivity index (χ4v) is 1.75. The summed E-state index contributed by atoms with van der Waals surface area (Å²) < 4.78 is 5.30. The molecule has 0 saturated carbocycles. The highest BCUT2D eigenvalue weighted by Gasteiger charge is 2.12. The van der Waals surface area contributed by atoms with Crippen molar-refractivity contribution in [3.63, 3.8) is 0 Å². The molecule has 0 spiro atoms. The third kappa shape index (κ3) is 1.99. The van der Waals surface area contributed by atoms with Gasteiger partial charge >= 0.3 is 0 Å². The van der Waals surface area contributed by atoms with Crippen LogP contribution >= 0.6 is 23.2 Å². The van der Waals surface area contributed by atoms with Gasteiger partial charge in [-0.25, -0.2) is 0 Å². The fraction of sp³-hybridized carbons (Fsp3) is 0.0833. The van der Waals surface area contributed by atoms with Crippen molar-refractivity contribution in [3.05, 3.63) is 46.7 Å². The number of benzene rings is 1. The molecule has 0 aliphatic rings. The Morgan fingerprint density at radius 3 is 2.62 bits per heavy atom. The molecule has 0 radical (unpaired) electrons. The summed E-state index contributed by atoms with van der Waals surface area (Å²) in [6.45, 7) is 1.91. The molecule has 0 saturated heterocycles.